The standard InChI is InChI=1S/C16H21NO3/c1-3-11-20-14-9-5-4-7-12(14)16(18)17-13-8-6-10-15(13)19-2/h3-5,7,9,13,15H,1,6,8,10-11H2,2H3,(H,17,18)/t13-,15-/m0/s1. The minimum atomic E-state index is -0.112. The summed E-state index contributed by atoms with van der Waals surface area (Å²) in [5.74, 6) is 0.468. The number of methoxy groups -OCH3 is 1. The van der Waals surface area contributed by atoms with E-state index in [4.69, 9.17) is 9.47 Å². The molecule has 0 spiro atoms. The first-order chi connectivity index (χ1) is 9.76. The van der Waals surface area contributed by atoms with Gasteiger partial charge in [0.15, 0.2) is 0 Å². The Labute approximate surface area is 119 Å². The molecule has 0 saturated heterocycles. The Morgan fingerprint density at radius 3 is 3.00 bits per heavy atom. The van der Waals surface area contributed by atoms with Crippen LogP contribution in [0, 0.1) is 0 Å². The second-order valence-corrected chi connectivity index (χ2v) is 4.88. The summed E-state index contributed by atoms with van der Waals surface area (Å²) in [5.41, 5.74) is 0.552. The van der Waals surface area contributed by atoms with Gasteiger partial charge in [0, 0.05) is 7.11 Å². The van der Waals surface area contributed by atoms with Crippen LogP contribution in [0.4, 0.5) is 0 Å². The normalized spacial score (nSPS) is 21.4. The van der Waals surface area contributed by atoms with Crippen LogP contribution in [0.1, 0.15) is 29.6 Å². The van der Waals surface area contributed by atoms with Crippen molar-refractivity contribution in [1.29, 1.82) is 0 Å². The fraction of sp³-hybridized carbons (Fsp3) is 0.438. The first kappa shape index (κ1) is 14.6. The van der Waals surface area contributed by atoms with E-state index in [2.05, 4.69) is 11.9 Å². The summed E-state index contributed by atoms with van der Waals surface area (Å²) < 4.78 is 10.9. The number of hydrogen-bond donors (Lipinski definition) is 1. The van der Waals surface area contributed by atoms with Crippen molar-refractivity contribution in [2.24, 2.45) is 0 Å². The highest BCUT2D eigenvalue weighted by Crippen LogP contribution is 2.23. The average molecular weight is 275 g/mol. The number of rotatable bonds is 6. The summed E-state index contributed by atoms with van der Waals surface area (Å²) in [6, 6.07) is 7.33. The topological polar surface area (TPSA) is 47.6 Å². The largest absolute Gasteiger partial charge is 0.489 e. The monoisotopic (exact) mass is 275 g/mol. The highest BCUT2D eigenvalue weighted by molar-refractivity contribution is 5.97. The molecule has 1 fully saturated rings. The molecule has 108 valence electrons. The van der Waals surface area contributed by atoms with Crippen molar-refractivity contribution in [3.05, 3.63) is 42.5 Å². The maximum atomic E-state index is 12.4. The molecule has 1 aliphatic rings. The lowest BCUT2D eigenvalue weighted by molar-refractivity contribution is 0.0720. The van der Waals surface area contributed by atoms with Crippen molar-refractivity contribution in [2.45, 2.75) is 31.4 Å². The molecule has 2 atom stereocenters. The molecule has 20 heavy (non-hydrogen) atoms. The van der Waals surface area contributed by atoms with Crippen LogP contribution in [0.2, 0.25) is 0 Å². The summed E-state index contributed by atoms with van der Waals surface area (Å²) >= 11 is 0. The second-order valence-electron chi connectivity index (χ2n) is 4.88. The number of benzene rings is 1. The average Bonchev–Trinajstić information content (AvgIpc) is 2.92. The lowest BCUT2D eigenvalue weighted by Crippen LogP contribution is -2.40. The summed E-state index contributed by atoms with van der Waals surface area (Å²) in [4.78, 5) is 12.4. The van der Waals surface area contributed by atoms with E-state index in [9.17, 15) is 4.79 Å². The molecule has 1 aliphatic carbocycles. The molecule has 0 bridgehead atoms. The summed E-state index contributed by atoms with van der Waals surface area (Å²) in [6.45, 7) is 4.00. The predicted octanol–water partition coefficient (Wildman–Crippen LogP) is 2.55. The van der Waals surface area contributed by atoms with E-state index in [0.717, 1.165) is 19.3 Å². The SMILES string of the molecule is C=CCOc1ccccc1C(=O)N[C@H]1CCC[C@@H]1OC. The van der Waals surface area contributed by atoms with Crippen molar-refractivity contribution < 1.29 is 14.3 Å². The number of para-hydroxylation sites is 1. The molecule has 2 rings (SSSR count). The second kappa shape index (κ2) is 7.10. The van der Waals surface area contributed by atoms with Crippen molar-refractivity contribution >= 4 is 5.91 Å². The summed E-state index contributed by atoms with van der Waals surface area (Å²) in [7, 11) is 1.69. The van der Waals surface area contributed by atoms with Gasteiger partial charge in [-0.25, -0.2) is 0 Å². The van der Waals surface area contributed by atoms with Crippen molar-refractivity contribution in [3.63, 3.8) is 0 Å². The minimum Gasteiger partial charge on any atom is -0.489 e. The molecule has 0 heterocycles. The number of hydrogen-bond acceptors (Lipinski definition) is 3. The molecule has 1 aromatic rings. The van der Waals surface area contributed by atoms with Gasteiger partial charge in [0.05, 0.1) is 17.7 Å². The highest BCUT2D eigenvalue weighted by atomic mass is 16.5. The number of carbonyl (C=O) groups excluding carboxylic acids is 1. The quantitative estimate of drug-likeness (QED) is 0.812. The van der Waals surface area contributed by atoms with Crippen molar-refractivity contribution in [1.82, 2.24) is 5.32 Å². The molecular formula is C16H21NO3. The number of amides is 1. The molecule has 0 aliphatic heterocycles. The van der Waals surface area contributed by atoms with E-state index in [1.165, 1.54) is 0 Å². The number of ether oxygens (including phenoxy) is 2. The van der Waals surface area contributed by atoms with Gasteiger partial charge >= 0.3 is 0 Å². The van der Waals surface area contributed by atoms with Gasteiger partial charge in [-0.15, -0.1) is 0 Å². The molecule has 1 saturated carbocycles. The minimum absolute atomic E-state index is 0.0833. The zero-order valence-corrected chi connectivity index (χ0v) is 11.8. The predicted molar refractivity (Wildman–Crippen MR) is 78.0 cm³/mol. The Morgan fingerprint density at radius 1 is 1.45 bits per heavy atom. The molecule has 4 nitrogen and oxygen atoms in total. The van der Waals surface area contributed by atoms with Crippen LogP contribution in [0.15, 0.2) is 36.9 Å². The molecule has 4 heteroatoms. The molecule has 0 radical (unpaired) electrons. The first-order valence-corrected chi connectivity index (χ1v) is 6.92. The summed E-state index contributed by atoms with van der Waals surface area (Å²) in [6.07, 6.45) is 4.81. The Hall–Kier alpha value is -1.81. The fourth-order valence-corrected chi connectivity index (χ4v) is 2.55. The first-order valence-electron chi connectivity index (χ1n) is 6.92. The van der Waals surface area contributed by atoms with Gasteiger partial charge in [-0.2, -0.15) is 0 Å². The van der Waals surface area contributed by atoms with E-state index in [-0.39, 0.29) is 18.1 Å². The van der Waals surface area contributed by atoms with Crippen LogP contribution in [0.25, 0.3) is 0 Å². The Balaban J connectivity index is 2.06. The number of nitrogens with one attached hydrogen (secondary N) is 1. The molecule has 1 aromatic carbocycles. The van der Waals surface area contributed by atoms with Gasteiger partial charge in [0.25, 0.3) is 5.91 Å². The third-order valence-electron chi connectivity index (χ3n) is 3.56. The van der Waals surface area contributed by atoms with E-state index >= 15 is 0 Å². The van der Waals surface area contributed by atoms with Gasteiger partial charge in [-0.1, -0.05) is 24.8 Å². The number of carbonyl (C=O) groups is 1. The Morgan fingerprint density at radius 2 is 2.25 bits per heavy atom. The van der Waals surface area contributed by atoms with E-state index < -0.39 is 0 Å². The molecule has 0 aromatic heterocycles. The zero-order valence-electron chi connectivity index (χ0n) is 11.8. The Bertz CT molecular complexity index is 473. The molecule has 1 N–H and O–H groups in total. The maximum absolute atomic E-state index is 12.4. The zero-order chi connectivity index (χ0) is 14.4. The van der Waals surface area contributed by atoms with Gasteiger partial charge in [0.2, 0.25) is 0 Å². The van der Waals surface area contributed by atoms with Crippen molar-refractivity contribution in [3.8, 4) is 5.75 Å². The summed E-state index contributed by atoms with van der Waals surface area (Å²) in [5, 5.41) is 3.04. The van der Waals surface area contributed by atoms with Gasteiger partial charge in [0.1, 0.15) is 12.4 Å². The molecule has 1 amide bonds. The van der Waals surface area contributed by atoms with Crippen LogP contribution in [-0.2, 0) is 4.74 Å². The lowest BCUT2D eigenvalue weighted by Gasteiger charge is -2.20. The van der Waals surface area contributed by atoms with Crippen LogP contribution in [0.3, 0.4) is 0 Å². The molecular weight excluding hydrogens is 254 g/mol. The van der Waals surface area contributed by atoms with Crippen molar-refractivity contribution in [2.75, 3.05) is 13.7 Å². The molecule has 0 unspecified atom stereocenters. The van der Waals surface area contributed by atoms with Crippen LogP contribution in [0.5, 0.6) is 5.75 Å². The lowest BCUT2D eigenvalue weighted by atomic mass is 10.1. The third-order valence-corrected chi connectivity index (χ3v) is 3.56. The smallest absolute Gasteiger partial charge is 0.255 e. The highest BCUT2D eigenvalue weighted by Gasteiger charge is 2.29. The van der Waals surface area contributed by atoms with E-state index in [1.54, 1.807) is 25.3 Å². The maximum Gasteiger partial charge on any atom is 0.255 e. The Kier molecular flexibility index (Phi) is 5.18. The van der Waals surface area contributed by atoms with Gasteiger partial charge in [-0.3, -0.25) is 4.79 Å². The van der Waals surface area contributed by atoms with E-state index in [0.29, 0.717) is 17.9 Å². The van der Waals surface area contributed by atoms with Crippen LogP contribution < -0.4 is 10.1 Å². The third kappa shape index (κ3) is 3.39. The van der Waals surface area contributed by atoms with Gasteiger partial charge < -0.3 is 14.8 Å². The van der Waals surface area contributed by atoms with Crippen LogP contribution in [-0.4, -0.2) is 31.8 Å². The fourth-order valence-electron chi connectivity index (χ4n) is 2.55. The van der Waals surface area contributed by atoms with Gasteiger partial charge in [-0.05, 0) is 31.4 Å². The van der Waals surface area contributed by atoms with Crippen LogP contribution >= 0.6 is 0 Å². The van der Waals surface area contributed by atoms with E-state index in [1.807, 2.05) is 12.1 Å².